The van der Waals surface area contributed by atoms with E-state index >= 15 is 0 Å². The number of carbonyl (C=O) groups is 2. The molecule has 0 fully saturated rings. The molecule has 0 N–H and O–H groups in total. The zero-order chi connectivity index (χ0) is 24.3. The van der Waals surface area contributed by atoms with Gasteiger partial charge in [-0.25, -0.2) is 0 Å². The molecule has 1 aliphatic rings. The van der Waals surface area contributed by atoms with Gasteiger partial charge in [-0.3, -0.25) is 9.59 Å². The van der Waals surface area contributed by atoms with Gasteiger partial charge in [0.05, 0.1) is 40.4 Å². The molecule has 0 aromatic heterocycles. The second-order valence-electron chi connectivity index (χ2n) is 7.76. The summed E-state index contributed by atoms with van der Waals surface area (Å²) in [5.74, 6) is 1.11. The van der Waals surface area contributed by atoms with Crippen molar-refractivity contribution < 1.29 is 28.5 Å². The maximum atomic E-state index is 13.9. The highest BCUT2D eigenvalue weighted by molar-refractivity contribution is 6.02. The highest BCUT2D eigenvalue weighted by Gasteiger charge is 2.44. The molecule has 2 aromatic rings. The zero-order valence-electron chi connectivity index (χ0n) is 20.3. The number of nitrogens with zero attached hydrogens (tertiary/aromatic N) is 2. The van der Waals surface area contributed by atoms with Crippen LogP contribution in [-0.2, 0) is 4.79 Å². The molecular weight excluding hydrogens is 424 g/mol. The lowest BCUT2D eigenvalue weighted by molar-refractivity contribution is -0.134. The predicted octanol–water partition coefficient (Wildman–Crippen LogP) is 3.50. The molecule has 0 spiro atoms. The van der Waals surface area contributed by atoms with Crippen LogP contribution in [0.1, 0.15) is 47.3 Å². The number of ether oxygens (including phenoxy) is 4. The van der Waals surface area contributed by atoms with Gasteiger partial charge in [0.2, 0.25) is 5.91 Å². The highest BCUT2D eigenvalue weighted by atomic mass is 16.5. The number of likely N-dealkylation sites (N-methyl/N-ethyl adjacent to an activating group) is 2. The molecule has 2 amide bonds. The number of amides is 2. The topological polar surface area (TPSA) is 77.5 Å². The Morgan fingerprint density at radius 2 is 1.42 bits per heavy atom. The third-order valence-corrected chi connectivity index (χ3v) is 6.26. The molecule has 8 nitrogen and oxygen atoms in total. The Labute approximate surface area is 195 Å². The van der Waals surface area contributed by atoms with E-state index in [9.17, 15) is 9.59 Å². The standard InChI is InChI=1S/C25H32N2O6/c1-8-27(9-2)25(29)22-16-13-20(32-6)21(33-7)14-17(16)24(28)26(3)23(22)15-10-11-18(30-4)19(12-15)31-5/h10-14,22-23H,8-9H2,1-7H3/t22-,23+/m1/s1. The fraction of sp³-hybridized carbons (Fsp3) is 0.440. The Bertz CT molecular complexity index is 1030. The third-order valence-electron chi connectivity index (χ3n) is 6.26. The van der Waals surface area contributed by atoms with Crippen LogP contribution < -0.4 is 18.9 Å². The molecule has 0 saturated heterocycles. The molecule has 0 radical (unpaired) electrons. The highest BCUT2D eigenvalue weighted by Crippen LogP contribution is 2.47. The second-order valence-corrected chi connectivity index (χ2v) is 7.76. The van der Waals surface area contributed by atoms with Gasteiger partial charge in [0.1, 0.15) is 0 Å². The summed E-state index contributed by atoms with van der Waals surface area (Å²) in [4.78, 5) is 30.7. The van der Waals surface area contributed by atoms with Crippen LogP contribution in [-0.4, -0.2) is 70.2 Å². The van der Waals surface area contributed by atoms with Crippen LogP contribution >= 0.6 is 0 Å². The van der Waals surface area contributed by atoms with Gasteiger partial charge < -0.3 is 28.7 Å². The van der Waals surface area contributed by atoms with E-state index in [1.807, 2.05) is 26.0 Å². The summed E-state index contributed by atoms with van der Waals surface area (Å²) in [6.07, 6.45) is 0. The molecule has 178 valence electrons. The van der Waals surface area contributed by atoms with Gasteiger partial charge in [-0.1, -0.05) is 6.07 Å². The number of methoxy groups -OCH3 is 4. The first kappa shape index (κ1) is 24.2. The quantitative estimate of drug-likeness (QED) is 0.605. The number of fused-ring (bicyclic) bond motifs is 1. The Kier molecular flexibility index (Phi) is 7.36. The Morgan fingerprint density at radius 1 is 0.879 bits per heavy atom. The smallest absolute Gasteiger partial charge is 0.254 e. The number of rotatable bonds is 8. The van der Waals surface area contributed by atoms with Crippen molar-refractivity contribution in [3.05, 3.63) is 47.0 Å². The van der Waals surface area contributed by atoms with Crippen LogP contribution in [0.15, 0.2) is 30.3 Å². The van der Waals surface area contributed by atoms with Crippen molar-refractivity contribution in [3.8, 4) is 23.0 Å². The van der Waals surface area contributed by atoms with Crippen molar-refractivity contribution in [2.24, 2.45) is 0 Å². The van der Waals surface area contributed by atoms with Gasteiger partial charge in [-0.05, 0) is 49.2 Å². The molecule has 8 heteroatoms. The fourth-order valence-corrected chi connectivity index (χ4v) is 4.50. The molecular formula is C25H32N2O6. The Hall–Kier alpha value is -3.42. The first-order valence-electron chi connectivity index (χ1n) is 10.9. The van der Waals surface area contributed by atoms with E-state index in [4.69, 9.17) is 18.9 Å². The molecule has 1 heterocycles. The molecule has 2 atom stereocenters. The predicted molar refractivity (Wildman–Crippen MR) is 125 cm³/mol. The average Bonchev–Trinajstić information content (AvgIpc) is 2.85. The maximum Gasteiger partial charge on any atom is 0.254 e. The van der Waals surface area contributed by atoms with Gasteiger partial charge >= 0.3 is 0 Å². The fourth-order valence-electron chi connectivity index (χ4n) is 4.50. The summed E-state index contributed by atoms with van der Waals surface area (Å²) in [7, 11) is 7.89. The molecule has 0 saturated carbocycles. The van der Waals surface area contributed by atoms with Gasteiger partial charge in [-0.2, -0.15) is 0 Å². The van der Waals surface area contributed by atoms with Crippen LogP contribution in [0.2, 0.25) is 0 Å². The van der Waals surface area contributed by atoms with Gasteiger partial charge in [0, 0.05) is 25.7 Å². The number of benzene rings is 2. The first-order valence-corrected chi connectivity index (χ1v) is 10.9. The number of hydrogen-bond donors (Lipinski definition) is 0. The lowest BCUT2D eigenvalue weighted by Crippen LogP contribution is -2.47. The maximum absolute atomic E-state index is 13.9. The van der Waals surface area contributed by atoms with Gasteiger partial charge in [0.15, 0.2) is 23.0 Å². The normalized spacial score (nSPS) is 17.3. The SMILES string of the molecule is CCN(CC)C(=O)[C@@H]1c2cc(OC)c(OC)cc2C(=O)N(C)[C@H]1c1ccc(OC)c(OC)c1. The van der Waals surface area contributed by atoms with Gasteiger partial charge in [-0.15, -0.1) is 0 Å². The van der Waals surface area contributed by atoms with E-state index in [2.05, 4.69) is 0 Å². The Balaban J connectivity index is 2.28. The molecule has 0 bridgehead atoms. The lowest BCUT2D eigenvalue weighted by Gasteiger charge is -2.41. The number of carbonyl (C=O) groups excluding carboxylic acids is 2. The summed E-state index contributed by atoms with van der Waals surface area (Å²) in [5.41, 5.74) is 1.82. The summed E-state index contributed by atoms with van der Waals surface area (Å²) in [6, 6.07) is 8.33. The second kappa shape index (κ2) is 10.0. The molecule has 0 unspecified atom stereocenters. The zero-order valence-corrected chi connectivity index (χ0v) is 20.3. The van der Waals surface area contributed by atoms with Crippen molar-refractivity contribution in [2.45, 2.75) is 25.8 Å². The van der Waals surface area contributed by atoms with Crippen LogP contribution in [0.3, 0.4) is 0 Å². The van der Waals surface area contributed by atoms with Crippen molar-refractivity contribution >= 4 is 11.8 Å². The van der Waals surface area contributed by atoms with Crippen LogP contribution in [0.25, 0.3) is 0 Å². The van der Waals surface area contributed by atoms with Crippen molar-refractivity contribution in [1.29, 1.82) is 0 Å². The van der Waals surface area contributed by atoms with E-state index < -0.39 is 12.0 Å². The Morgan fingerprint density at radius 3 is 1.97 bits per heavy atom. The van der Waals surface area contributed by atoms with E-state index in [0.717, 1.165) is 5.56 Å². The van der Waals surface area contributed by atoms with Crippen molar-refractivity contribution in [2.75, 3.05) is 48.6 Å². The van der Waals surface area contributed by atoms with Crippen LogP contribution in [0.4, 0.5) is 0 Å². The third kappa shape index (κ3) is 4.17. The minimum Gasteiger partial charge on any atom is -0.493 e. The van der Waals surface area contributed by atoms with E-state index in [0.29, 0.717) is 47.2 Å². The number of hydrogen-bond acceptors (Lipinski definition) is 6. The van der Waals surface area contributed by atoms with E-state index in [-0.39, 0.29) is 11.8 Å². The first-order chi connectivity index (χ1) is 15.9. The minimum absolute atomic E-state index is 0.0624. The summed E-state index contributed by atoms with van der Waals surface area (Å²) in [5, 5.41) is 0. The minimum atomic E-state index is -0.638. The van der Waals surface area contributed by atoms with Crippen molar-refractivity contribution in [1.82, 2.24) is 9.80 Å². The largest absolute Gasteiger partial charge is 0.493 e. The lowest BCUT2D eigenvalue weighted by atomic mass is 9.78. The average molecular weight is 457 g/mol. The molecule has 33 heavy (non-hydrogen) atoms. The summed E-state index contributed by atoms with van der Waals surface area (Å²) in [6.45, 7) is 5.01. The van der Waals surface area contributed by atoms with Gasteiger partial charge in [0.25, 0.3) is 5.91 Å². The van der Waals surface area contributed by atoms with Crippen LogP contribution in [0, 0.1) is 0 Å². The molecule has 0 aliphatic carbocycles. The summed E-state index contributed by atoms with van der Waals surface area (Å²) < 4.78 is 21.8. The van der Waals surface area contributed by atoms with E-state index in [1.54, 1.807) is 49.3 Å². The molecule has 2 aromatic carbocycles. The van der Waals surface area contributed by atoms with Crippen molar-refractivity contribution in [3.63, 3.8) is 0 Å². The van der Waals surface area contributed by atoms with Crippen LogP contribution in [0.5, 0.6) is 23.0 Å². The summed E-state index contributed by atoms with van der Waals surface area (Å²) >= 11 is 0. The monoisotopic (exact) mass is 456 g/mol. The molecule has 1 aliphatic heterocycles. The van der Waals surface area contributed by atoms with E-state index in [1.165, 1.54) is 14.2 Å². The molecule has 3 rings (SSSR count).